The highest BCUT2D eigenvalue weighted by molar-refractivity contribution is 5.95. The second-order valence-corrected chi connectivity index (χ2v) is 5.37. The fourth-order valence-corrected chi connectivity index (χ4v) is 2.15. The van der Waals surface area contributed by atoms with Gasteiger partial charge in [-0.1, -0.05) is 24.3 Å². The van der Waals surface area contributed by atoms with Gasteiger partial charge in [0.1, 0.15) is 11.5 Å². The van der Waals surface area contributed by atoms with E-state index in [-0.39, 0.29) is 11.4 Å². The van der Waals surface area contributed by atoms with Crippen LogP contribution in [0.5, 0.6) is 11.5 Å². The zero-order chi connectivity index (χ0) is 20.4. The molecule has 0 radical (unpaired) electrons. The number of nitrogens with one attached hydrogen (secondary N) is 1. The van der Waals surface area contributed by atoms with Gasteiger partial charge in [-0.25, -0.2) is 4.79 Å². The first-order valence-corrected chi connectivity index (χ1v) is 8.39. The quantitative estimate of drug-likeness (QED) is 0.519. The predicted molar refractivity (Wildman–Crippen MR) is 99.3 cm³/mol. The summed E-state index contributed by atoms with van der Waals surface area (Å²) in [5, 5.41) is 2.35. The van der Waals surface area contributed by atoms with Crippen molar-refractivity contribution in [3.05, 3.63) is 60.2 Å². The number of alkyl halides is 2. The van der Waals surface area contributed by atoms with Crippen LogP contribution in [0.25, 0.3) is 6.08 Å². The molecule has 0 saturated heterocycles. The molecule has 28 heavy (non-hydrogen) atoms. The van der Waals surface area contributed by atoms with Gasteiger partial charge >= 0.3 is 12.6 Å². The monoisotopic (exact) mass is 391 g/mol. The Morgan fingerprint density at radius 2 is 1.82 bits per heavy atom. The molecule has 0 atom stereocenters. The molecule has 0 spiro atoms. The summed E-state index contributed by atoms with van der Waals surface area (Å²) in [5.74, 6) is -0.878. The Balaban J connectivity index is 1.83. The number of rotatable bonds is 9. The third-order valence-corrected chi connectivity index (χ3v) is 3.33. The second-order valence-electron chi connectivity index (χ2n) is 5.37. The smallest absolute Gasteiger partial charge is 0.387 e. The molecule has 8 heteroatoms. The van der Waals surface area contributed by atoms with E-state index in [4.69, 9.17) is 9.47 Å². The van der Waals surface area contributed by atoms with Gasteiger partial charge in [0.15, 0.2) is 6.61 Å². The van der Waals surface area contributed by atoms with Crippen LogP contribution in [-0.4, -0.2) is 31.7 Å². The summed E-state index contributed by atoms with van der Waals surface area (Å²) >= 11 is 0. The largest absolute Gasteiger partial charge is 0.494 e. The molecule has 2 aromatic rings. The fourth-order valence-electron chi connectivity index (χ4n) is 2.15. The summed E-state index contributed by atoms with van der Waals surface area (Å²) in [6.07, 6.45) is 2.71. The molecule has 0 saturated carbocycles. The Morgan fingerprint density at radius 1 is 1.11 bits per heavy atom. The van der Waals surface area contributed by atoms with Crippen LogP contribution in [0.1, 0.15) is 12.5 Å². The maximum Gasteiger partial charge on any atom is 0.387 e. The number of hydrogen-bond donors (Lipinski definition) is 1. The molecule has 0 aromatic heterocycles. The van der Waals surface area contributed by atoms with E-state index in [1.807, 2.05) is 6.92 Å². The van der Waals surface area contributed by atoms with Crippen molar-refractivity contribution in [3.8, 4) is 11.5 Å². The van der Waals surface area contributed by atoms with E-state index in [2.05, 4.69) is 10.1 Å². The standard InChI is InChI=1S/C20H19F2NO5/c1-2-26-15-10-7-14(8-11-15)9-12-19(25)27-13-18(24)23-16-5-3-4-6-17(16)28-20(21)22/h3-12,20H,2,13H2,1H3,(H,23,24)/b12-9+. The number of carbonyl (C=O) groups is 2. The molecule has 0 aliphatic heterocycles. The minimum absolute atomic E-state index is 0.0498. The Hall–Kier alpha value is -3.42. The van der Waals surface area contributed by atoms with Crippen LogP contribution in [0.15, 0.2) is 54.6 Å². The van der Waals surface area contributed by atoms with Crippen molar-refractivity contribution in [2.45, 2.75) is 13.5 Å². The van der Waals surface area contributed by atoms with Crippen molar-refractivity contribution < 1.29 is 32.6 Å². The van der Waals surface area contributed by atoms with Crippen molar-refractivity contribution in [3.63, 3.8) is 0 Å². The van der Waals surface area contributed by atoms with Gasteiger partial charge in [0.05, 0.1) is 12.3 Å². The molecule has 1 amide bonds. The van der Waals surface area contributed by atoms with Gasteiger partial charge in [0.25, 0.3) is 5.91 Å². The first kappa shape index (κ1) is 20.9. The molecule has 6 nitrogen and oxygen atoms in total. The molecular weight excluding hydrogens is 372 g/mol. The number of amides is 1. The normalized spacial score (nSPS) is 10.7. The highest BCUT2D eigenvalue weighted by Crippen LogP contribution is 2.25. The van der Waals surface area contributed by atoms with Crippen LogP contribution in [0.3, 0.4) is 0 Å². The van der Waals surface area contributed by atoms with E-state index >= 15 is 0 Å². The van der Waals surface area contributed by atoms with Crippen molar-refractivity contribution in [1.29, 1.82) is 0 Å². The topological polar surface area (TPSA) is 73.9 Å². The van der Waals surface area contributed by atoms with E-state index in [1.165, 1.54) is 30.4 Å². The third kappa shape index (κ3) is 7.06. The van der Waals surface area contributed by atoms with Gasteiger partial charge < -0.3 is 19.5 Å². The Morgan fingerprint density at radius 3 is 2.50 bits per heavy atom. The molecule has 0 fully saturated rings. The minimum atomic E-state index is -3.02. The summed E-state index contributed by atoms with van der Waals surface area (Å²) in [6, 6.07) is 12.8. The highest BCUT2D eigenvalue weighted by atomic mass is 19.3. The highest BCUT2D eigenvalue weighted by Gasteiger charge is 2.12. The first-order valence-electron chi connectivity index (χ1n) is 8.39. The van der Waals surface area contributed by atoms with Gasteiger partial charge in [-0.15, -0.1) is 0 Å². The lowest BCUT2D eigenvalue weighted by Crippen LogP contribution is -2.20. The average molecular weight is 391 g/mol. The summed E-state index contributed by atoms with van der Waals surface area (Å²) < 4.78 is 39.2. The summed E-state index contributed by atoms with van der Waals surface area (Å²) in [7, 11) is 0. The Bertz CT molecular complexity index is 822. The van der Waals surface area contributed by atoms with Gasteiger partial charge in [0, 0.05) is 6.08 Å². The fraction of sp³-hybridized carbons (Fsp3) is 0.200. The lowest BCUT2D eigenvalue weighted by molar-refractivity contribution is -0.142. The molecule has 1 N–H and O–H groups in total. The molecule has 0 aliphatic rings. The van der Waals surface area contributed by atoms with Crippen molar-refractivity contribution in [2.24, 2.45) is 0 Å². The van der Waals surface area contributed by atoms with Crippen molar-refractivity contribution >= 4 is 23.6 Å². The maximum atomic E-state index is 12.4. The van der Waals surface area contributed by atoms with Crippen LogP contribution in [-0.2, 0) is 14.3 Å². The number of halogens is 2. The number of ether oxygens (including phenoxy) is 3. The van der Waals surface area contributed by atoms with Crippen molar-refractivity contribution in [1.82, 2.24) is 0 Å². The number of anilines is 1. The average Bonchev–Trinajstić information content (AvgIpc) is 2.67. The Labute approximate surface area is 160 Å². The maximum absolute atomic E-state index is 12.4. The van der Waals surface area contributed by atoms with Crippen LogP contribution in [0.2, 0.25) is 0 Å². The van der Waals surface area contributed by atoms with E-state index in [0.717, 1.165) is 11.3 Å². The number of esters is 1. The van der Waals surface area contributed by atoms with Gasteiger partial charge in [-0.3, -0.25) is 4.79 Å². The molecular formula is C20H19F2NO5. The summed E-state index contributed by atoms with van der Waals surface area (Å²) in [5.41, 5.74) is 0.803. The molecule has 0 unspecified atom stereocenters. The molecule has 2 rings (SSSR count). The second kappa shape index (κ2) is 10.7. The predicted octanol–water partition coefficient (Wildman–Crippen LogP) is 3.88. The summed E-state index contributed by atoms with van der Waals surface area (Å²) in [6.45, 7) is -1.16. The lowest BCUT2D eigenvalue weighted by atomic mass is 10.2. The van der Waals surface area contributed by atoms with E-state index < -0.39 is 25.1 Å². The van der Waals surface area contributed by atoms with Crippen LogP contribution in [0, 0.1) is 0 Å². The zero-order valence-corrected chi connectivity index (χ0v) is 15.1. The molecule has 0 bridgehead atoms. The molecule has 0 aliphatic carbocycles. The zero-order valence-electron chi connectivity index (χ0n) is 15.1. The van der Waals surface area contributed by atoms with Gasteiger partial charge in [-0.2, -0.15) is 8.78 Å². The molecule has 2 aromatic carbocycles. The van der Waals surface area contributed by atoms with Gasteiger partial charge in [0.2, 0.25) is 0 Å². The third-order valence-electron chi connectivity index (χ3n) is 3.33. The van der Waals surface area contributed by atoms with Crippen molar-refractivity contribution in [2.75, 3.05) is 18.5 Å². The Kier molecular flexibility index (Phi) is 7.95. The summed E-state index contributed by atoms with van der Waals surface area (Å²) in [4.78, 5) is 23.6. The van der Waals surface area contributed by atoms with Crippen LogP contribution in [0.4, 0.5) is 14.5 Å². The molecule has 148 valence electrons. The minimum Gasteiger partial charge on any atom is -0.494 e. The van der Waals surface area contributed by atoms with Crippen LogP contribution < -0.4 is 14.8 Å². The number of hydrogen-bond acceptors (Lipinski definition) is 5. The first-order chi connectivity index (χ1) is 13.5. The van der Waals surface area contributed by atoms with Gasteiger partial charge in [-0.05, 0) is 42.8 Å². The SMILES string of the molecule is CCOc1ccc(/C=C/C(=O)OCC(=O)Nc2ccccc2OC(F)F)cc1. The number of para-hydroxylation sites is 2. The lowest BCUT2D eigenvalue weighted by Gasteiger charge is -2.11. The van der Waals surface area contributed by atoms with E-state index in [9.17, 15) is 18.4 Å². The van der Waals surface area contributed by atoms with Crippen LogP contribution >= 0.6 is 0 Å². The van der Waals surface area contributed by atoms with E-state index in [1.54, 1.807) is 30.3 Å². The van der Waals surface area contributed by atoms with E-state index in [0.29, 0.717) is 6.61 Å². The number of carbonyl (C=O) groups excluding carboxylic acids is 2. The molecule has 0 heterocycles. The number of benzene rings is 2.